The standard InChI is InChI=1S/C24H31BrN2O2S/c1-5-18(3)26-24(29)19(4)27(14-20-10-12-22(25)13-11-20)23(28)16-30-15-21-8-6-17(2)7-9-21/h6-13,18-19H,5,14-16H2,1-4H3,(H,26,29). The molecule has 2 unspecified atom stereocenters. The molecule has 30 heavy (non-hydrogen) atoms. The molecule has 0 spiro atoms. The second kappa shape index (κ2) is 12.2. The number of nitrogens with one attached hydrogen (secondary N) is 1. The van der Waals surface area contributed by atoms with E-state index >= 15 is 0 Å². The Hall–Kier alpha value is -1.79. The summed E-state index contributed by atoms with van der Waals surface area (Å²) in [6, 6.07) is 15.8. The average molecular weight is 491 g/mol. The molecule has 0 aliphatic carbocycles. The molecule has 162 valence electrons. The van der Waals surface area contributed by atoms with Crippen LogP contribution >= 0.6 is 27.7 Å². The highest BCUT2D eigenvalue weighted by Gasteiger charge is 2.26. The number of aryl methyl sites for hydroxylation is 1. The quantitative estimate of drug-likeness (QED) is 0.489. The van der Waals surface area contributed by atoms with Crippen molar-refractivity contribution >= 4 is 39.5 Å². The number of nitrogens with zero attached hydrogens (tertiary/aromatic N) is 1. The van der Waals surface area contributed by atoms with Crippen LogP contribution in [-0.2, 0) is 21.9 Å². The van der Waals surface area contributed by atoms with E-state index in [0.29, 0.717) is 12.3 Å². The van der Waals surface area contributed by atoms with Crippen molar-refractivity contribution in [3.8, 4) is 0 Å². The van der Waals surface area contributed by atoms with Gasteiger partial charge >= 0.3 is 0 Å². The number of carbonyl (C=O) groups is 2. The van der Waals surface area contributed by atoms with Crippen molar-refractivity contribution < 1.29 is 9.59 Å². The lowest BCUT2D eigenvalue weighted by molar-refractivity contribution is -0.138. The minimum Gasteiger partial charge on any atom is -0.352 e. The summed E-state index contributed by atoms with van der Waals surface area (Å²) in [5.74, 6) is 0.969. The van der Waals surface area contributed by atoms with Crippen LogP contribution in [0.25, 0.3) is 0 Å². The summed E-state index contributed by atoms with van der Waals surface area (Å²) in [5, 5.41) is 3.00. The van der Waals surface area contributed by atoms with Crippen molar-refractivity contribution in [3.63, 3.8) is 0 Å². The Balaban J connectivity index is 2.06. The van der Waals surface area contributed by atoms with Gasteiger partial charge in [-0.1, -0.05) is 64.8 Å². The van der Waals surface area contributed by atoms with Gasteiger partial charge in [0.2, 0.25) is 11.8 Å². The lowest BCUT2D eigenvalue weighted by atomic mass is 10.1. The van der Waals surface area contributed by atoms with Crippen LogP contribution in [-0.4, -0.2) is 34.6 Å². The molecule has 2 aromatic carbocycles. The maximum absolute atomic E-state index is 13.1. The normalized spacial score (nSPS) is 12.8. The second-order valence-electron chi connectivity index (χ2n) is 7.62. The zero-order chi connectivity index (χ0) is 22.1. The van der Waals surface area contributed by atoms with Crippen LogP contribution in [0.5, 0.6) is 0 Å². The summed E-state index contributed by atoms with van der Waals surface area (Å²) in [6.07, 6.45) is 0.853. The van der Waals surface area contributed by atoms with E-state index in [2.05, 4.69) is 52.4 Å². The fourth-order valence-electron chi connectivity index (χ4n) is 2.86. The number of amides is 2. The molecule has 0 heterocycles. The van der Waals surface area contributed by atoms with Crippen LogP contribution in [0.1, 0.15) is 43.9 Å². The smallest absolute Gasteiger partial charge is 0.242 e. The van der Waals surface area contributed by atoms with Crippen LogP contribution in [0.2, 0.25) is 0 Å². The molecular weight excluding hydrogens is 460 g/mol. The van der Waals surface area contributed by atoms with Crippen LogP contribution in [0.3, 0.4) is 0 Å². The first-order chi connectivity index (χ1) is 14.3. The Morgan fingerprint density at radius 1 is 1.03 bits per heavy atom. The van der Waals surface area contributed by atoms with Gasteiger partial charge in [0.15, 0.2) is 0 Å². The molecule has 0 saturated carbocycles. The molecule has 1 N–H and O–H groups in total. The third-order valence-electron chi connectivity index (χ3n) is 5.05. The molecule has 2 aromatic rings. The van der Waals surface area contributed by atoms with Gasteiger partial charge < -0.3 is 10.2 Å². The molecular formula is C24H31BrN2O2S. The van der Waals surface area contributed by atoms with Gasteiger partial charge in [-0.3, -0.25) is 9.59 Å². The van der Waals surface area contributed by atoms with Crippen molar-refractivity contribution in [2.45, 2.75) is 58.5 Å². The van der Waals surface area contributed by atoms with E-state index < -0.39 is 6.04 Å². The molecule has 2 amide bonds. The van der Waals surface area contributed by atoms with Crippen molar-refractivity contribution in [1.29, 1.82) is 0 Å². The number of benzene rings is 2. The third-order valence-corrected chi connectivity index (χ3v) is 6.57. The van der Waals surface area contributed by atoms with Gasteiger partial charge in [-0.25, -0.2) is 0 Å². The van der Waals surface area contributed by atoms with E-state index in [-0.39, 0.29) is 17.9 Å². The van der Waals surface area contributed by atoms with E-state index in [0.717, 1.165) is 22.2 Å². The fourth-order valence-corrected chi connectivity index (χ4v) is 3.99. The highest BCUT2D eigenvalue weighted by Crippen LogP contribution is 2.18. The maximum Gasteiger partial charge on any atom is 0.242 e. The van der Waals surface area contributed by atoms with Crippen molar-refractivity contribution in [2.24, 2.45) is 0 Å². The molecule has 0 fully saturated rings. The SMILES string of the molecule is CCC(C)NC(=O)C(C)N(Cc1ccc(Br)cc1)C(=O)CSCc1ccc(C)cc1. The zero-order valence-electron chi connectivity index (χ0n) is 18.2. The molecule has 2 atom stereocenters. The fraction of sp³-hybridized carbons (Fsp3) is 0.417. The Morgan fingerprint density at radius 3 is 2.23 bits per heavy atom. The lowest BCUT2D eigenvalue weighted by Gasteiger charge is -2.29. The predicted octanol–water partition coefficient (Wildman–Crippen LogP) is 5.32. The van der Waals surface area contributed by atoms with Gasteiger partial charge in [0.1, 0.15) is 6.04 Å². The minimum atomic E-state index is -0.532. The topological polar surface area (TPSA) is 49.4 Å². The van der Waals surface area contributed by atoms with E-state index in [1.54, 1.807) is 23.6 Å². The highest BCUT2D eigenvalue weighted by atomic mass is 79.9. The van der Waals surface area contributed by atoms with Crippen LogP contribution in [0.4, 0.5) is 0 Å². The molecule has 0 radical (unpaired) electrons. The summed E-state index contributed by atoms with van der Waals surface area (Å²) in [5.41, 5.74) is 3.42. The summed E-state index contributed by atoms with van der Waals surface area (Å²) in [6.45, 7) is 8.28. The van der Waals surface area contributed by atoms with Crippen molar-refractivity contribution in [1.82, 2.24) is 10.2 Å². The molecule has 4 nitrogen and oxygen atoms in total. The van der Waals surface area contributed by atoms with Crippen molar-refractivity contribution in [3.05, 3.63) is 69.7 Å². The Bertz CT molecular complexity index is 824. The second-order valence-corrected chi connectivity index (χ2v) is 9.52. The molecule has 0 bridgehead atoms. The zero-order valence-corrected chi connectivity index (χ0v) is 20.6. The van der Waals surface area contributed by atoms with Gasteiger partial charge in [0.05, 0.1) is 5.75 Å². The molecule has 0 aromatic heterocycles. The summed E-state index contributed by atoms with van der Waals surface area (Å²) in [4.78, 5) is 27.5. The minimum absolute atomic E-state index is 0.0261. The largest absolute Gasteiger partial charge is 0.352 e. The lowest BCUT2D eigenvalue weighted by Crippen LogP contribution is -2.50. The van der Waals surface area contributed by atoms with E-state index in [1.165, 1.54) is 11.1 Å². The molecule has 0 saturated heterocycles. The molecule has 6 heteroatoms. The Kier molecular flexibility index (Phi) is 9.92. The molecule has 0 aliphatic rings. The predicted molar refractivity (Wildman–Crippen MR) is 129 cm³/mol. The Labute approximate surface area is 192 Å². The van der Waals surface area contributed by atoms with E-state index in [4.69, 9.17) is 0 Å². The number of thioether (sulfide) groups is 1. The first-order valence-electron chi connectivity index (χ1n) is 10.3. The molecule has 0 aliphatic heterocycles. The maximum atomic E-state index is 13.1. The van der Waals surface area contributed by atoms with Gasteiger partial charge in [-0.05, 0) is 50.5 Å². The van der Waals surface area contributed by atoms with E-state index in [1.807, 2.05) is 38.1 Å². The summed E-state index contributed by atoms with van der Waals surface area (Å²) < 4.78 is 0.986. The van der Waals surface area contributed by atoms with Crippen molar-refractivity contribution in [2.75, 3.05) is 5.75 Å². The van der Waals surface area contributed by atoms with Gasteiger partial charge in [0.25, 0.3) is 0 Å². The summed E-state index contributed by atoms with van der Waals surface area (Å²) >= 11 is 5.02. The first kappa shape index (κ1) is 24.5. The Morgan fingerprint density at radius 2 is 1.63 bits per heavy atom. The molecule has 2 rings (SSSR count). The first-order valence-corrected chi connectivity index (χ1v) is 12.2. The van der Waals surface area contributed by atoms with Crippen LogP contribution in [0, 0.1) is 6.92 Å². The van der Waals surface area contributed by atoms with Gasteiger partial charge in [-0.15, -0.1) is 11.8 Å². The third kappa shape index (κ3) is 7.80. The monoisotopic (exact) mass is 490 g/mol. The van der Waals surface area contributed by atoms with E-state index in [9.17, 15) is 9.59 Å². The number of halogens is 1. The average Bonchev–Trinajstić information content (AvgIpc) is 2.74. The van der Waals surface area contributed by atoms with Crippen LogP contribution < -0.4 is 5.32 Å². The van der Waals surface area contributed by atoms with Gasteiger partial charge in [0, 0.05) is 22.8 Å². The summed E-state index contributed by atoms with van der Waals surface area (Å²) in [7, 11) is 0. The number of carbonyl (C=O) groups excluding carboxylic acids is 2. The van der Waals surface area contributed by atoms with Crippen LogP contribution in [0.15, 0.2) is 53.0 Å². The number of hydrogen-bond donors (Lipinski definition) is 1. The van der Waals surface area contributed by atoms with Gasteiger partial charge in [-0.2, -0.15) is 0 Å². The number of rotatable bonds is 10. The number of hydrogen-bond acceptors (Lipinski definition) is 3. The highest BCUT2D eigenvalue weighted by molar-refractivity contribution is 9.10.